The van der Waals surface area contributed by atoms with E-state index in [1.165, 1.54) is 5.69 Å². The molecule has 0 aliphatic carbocycles. The van der Waals surface area contributed by atoms with Crippen LogP contribution in [0.1, 0.15) is 10.9 Å². The number of hydrogen-bond donors (Lipinski definition) is 0. The first-order chi connectivity index (χ1) is 15.7. The molecule has 2 aliphatic rings. The van der Waals surface area contributed by atoms with Crippen LogP contribution in [-0.2, 0) is 9.53 Å². The second-order valence-electron chi connectivity index (χ2n) is 7.67. The lowest BCUT2D eigenvalue weighted by molar-refractivity contribution is -0.115. The van der Waals surface area contributed by atoms with Crippen molar-refractivity contribution in [3.8, 4) is 11.5 Å². The second kappa shape index (κ2) is 9.45. The maximum Gasteiger partial charge on any atom is 0.238 e. The van der Waals surface area contributed by atoms with Crippen molar-refractivity contribution < 1.29 is 14.3 Å². The van der Waals surface area contributed by atoms with Crippen LogP contribution in [0.25, 0.3) is 0 Å². The summed E-state index contributed by atoms with van der Waals surface area (Å²) in [5, 5.41) is 0.619. The van der Waals surface area contributed by atoms with Crippen LogP contribution in [0.4, 0.5) is 11.4 Å². The highest BCUT2D eigenvalue weighted by Gasteiger charge is 2.34. The summed E-state index contributed by atoms with van der Waals surface area (Å²) in [6.45, 7) is 3.27. The highest BCUT2D eigenvalue weighted by Crippen LogP contribution is 2.43. The Hall–Kier alpha value is -2.67. The fraction of sp³-hybridized carbons (Fsp3) is 0.240. The number of rotatable bonds is 5. The number of nitrogens with zero attached hydrogens (tertiary/aromatic N) is 2. The Bertz CT molecular complexity index is 1090. The molecule has 1 unspecified atom stereocenters. The van der Waals surface area contributed by atoms with Gasteiger partial charge >= 0.3 is 0 Å². The van der Waals surface area contributed by atoms with E-state index in [2.05, 4.69) is 29.2 Å². The Morgan fingerprint density at radius 1 is 0.906 bits per heavy atom. The number of morpholine rings is 1. The maximum absolute atomic E-state index is 12.8. The van der Waals surface area contributed by atoms with E-state index in [4.69, 9.17) is 21.1 Å². The van der Waals surface area contributed by atoms with Gasteiger partial charge in [-0.25, -0.2) is 0 Å². The van der Waals surface area contributed by atoms with Gasteiger partial charge in [-0.1, -0.05) is 23.7 Å². The summed E-state index contributed by atoms with van der Waals surface area (Å²) in [7, 11) is 0. The molecule has 1 amide bonds. The largest absolute Gasteiger partial charge is 0.457 e. The highest BCUT2D eigenvalue weighted by molar-refractivity contribution is 8.00. The molecule has 1 atom stereocenters. The van der Waals surface area contributed by atoms with Crippen molar-refractivity contribution in [2.45, 2.75) is 5.37 Å². The molecule has 0 bridgehead atoms. The molecule has 164 valence electrons. The molecule has 0 aromatic heterocycles. The van der Waals surface area contributed by atoms with E-state index >= 15 is 0 Å². The van der Waals surface area contributed by atoms with Gasteiger partial charge in [-0.3, -0.25) is 9.69 Å². The van der Waals surface area contributed by atoms with E-state index < -0.39 is 0 Å². The lowest BCUT2D eigenvalue weighted by Gasteiger charge is -2.30. The zero-order valence-electron chi connectivity index (χ0n) is 17.4. The smallest absolute Gasteiger partial charge is 0.238 e. The molecular weight excluding hydrogens is 444 g/mol. The van der Waals surface area contributed by atoms with Gasteiger partial charge in [-0.2, -0.15) is 0 Å². The van der Waals surface area contributed by atoms with Crippen LogP contribution in [0.5, 0.6) is 11.5 Å². The van der Waals surface area contributed by atoms with Crippen LogP contribution in [0.3, 0.4) is 0 Å². The summed E-state index contributed by atoms with van der Waals surface area (Å²) in [5.41, 5.74) is 3.17. The number of benzene rings is 3. The lowest BCUT2D eigenvalue weighted by atomic mass is 10.1. The SMILES string of the molecule is O=C1CSC(c2cccc(N3CCOCC3)c2)N1c1ccc(Oc2ccc(Cl)cc2)cc1. The Balaban J connectivity index is 1.35. The van der Waals surface area contributed by atoms with Crippen LogP contribution >= 0.6 is 23.4 Å². The fourth-order valence-electron chi connectivity index (χ4n) is 3.96. The first-order valence-electron chi connectivity index (χ1n) is 10.6. The minimum atomic E-state index is -0.0495. The standard InChI is InChI=1S/C25H23ClN2O3S/c26-19-4-8-22(9-5-19)31-23-10-6-20(7-11-23)28-24(29)17-32-25(28)18-2-1-3-21(16-18)27-12-14-30-15-13-27/h1-11,16,25H,12-15,17H2. The highest BCUT2D eigenvalue weighted by atomic mass is 35.5. The van der Waals surface area contributed by atoms with E-state index in [0.29, 0.717) is 22.3 Å². The van der Waals surface area contributed by atoms with Gasteiger partial charge in [-0.05, 0) is 66.2 Å². The molecule has 3 aromatic carbocycles. The summed E-state index contributed by atoms with van der Waals surface area (Å²) < 4.78 is 11.4. The lowest BCUT2D eigenvalue weighted by Crippen LogP contribution is -2.36. The van der Waals surface area contributed by atoms with E-state index in [0.717, 1.165) is 37.6 Å². The number of hydrogen-bond acceptors (Lipinski definition) is 5. The maximum atomic E-state index is 12.8. The quantitative estimate of drug-likeness (QED) is 0.479. The van der Waals surface area contributed by atoms with Crippen molar-refractivity contribution >= 4 is 40.6 Å². The molecule has 2 aliphatic heterocycles. The van der Waals surface area contributed by atoms with E-state index in [1.807, 2.05) is 41.3 Å². The normalized spacial score (nSPS) is 18.8. The number of ether oxygens (including phenoxy) is 2. The van der Waals surface area contributed by atoms with Gasteiger partial charge in [0.05, 0.1) is 19.0 Å². The minimum absolute atomic E-state index is 0.0495. The third-order valence-electron chi connectivity index (χ3n) is 5.56. The number of halogens is 1. The molecule has 0 radical (unpaired) electrons. The molecule has 32 heavy (non-hydrogen) atoms. The Morgan fingerprint density at radius 3 is 2.31 bits per heavy atom. The number of carbonyl (C=O) groups excluding carboxylic acids is 1. The number of amides is 1. The average Bonchev–Trinajstić information content (AvgIpc) is 3.23. The number of carbonyl (C=O) groups is 1. The van der Waals surface area contributed by atoms with Crippen LogP contribution in [0.15, 0.2) is 72.8 Å². The summed E-state index contributed by atoms with van der Waals surface area (Å²) in [4.78, 5) is 17.0. The van der Waals surface area contributed by atoms with Gasteiger partial charge in [0, 0.05) is 29.5 Å². The van der Waals surface area contributed by atoms with E-state index in [1.54, 1.807) is 23.9 Å². The molecular formula is C25H23ClN2O3S. The average molecular weight is 467 g/mol. The van der Waals surface area contributed by atoms with Gasteiger partial charge in [-0.15, -0.1) is 11.8 Å². The fourth-order valence-corrected chi connectivity index (χ4v) is 5.25. The molecule has 5 nitrogen and oxygen atoms in total. The second-order valence-corrected chi connectivity index (χ2v) is 9.18. The molecule has 0 spiro atoms. The van der Waals surface area contributed by atoms with Crippen molar-refractivity contribution in [1.29, 1.82) is 0 Å². The molecule has 3 aromatic rings. The van der Waals surface area contributed by atoms with Gasteiger partial charge in [0.1, 0.15) is 16.9 Å². The number of anilines is 2. The summed E-state index contributed by atoms with van der Waals surface area (Å²) >= 11 is 7.60. The van der Waals surface area contributed by atoms with Crippen molar-refractivity contribution in [2.24, 2.45) is 0 Å². The van der Waals surface area contributed by atoms with Crippen LogP contribution in [0, 0.1) is 0 Å². The third-order valence-corrected chi connectivity index (χ3v) is 7.03. The van der Waals surface area contributed by atoms with Gasteiger partial charge in [0.2, 0.25) is 5.91 Å². The zero-order chi connectivity index (χ0) is 21.9. The summed E-state index contributed by atoms with van der Waals surface area (Å²) in [5.74, 6) is 2.01. The van der Waals surface area contributed by atoms with E-state index in [-0.39, 0.29) is 11.3 Å². The Labute approximate surface area is 196 Å². The summed E-state index contributed by atoms with van der Waals surface area (Å²) in [6.07, 6.45) is 0. The molecule has 5 rings (SSSR count). The summed E-state index contributed by atoms with van der Waals surface area (Å²) in [6, 6.07) is 23.4. The molecule has 2 saturated heterocycles. The molecule has 2 fully saturated rings. The van der Waals surface area contributed by atoms with Crippen molar-refractivity contribution in [3.63, 3.8) is 0 Å². The molecule has 2 heterocycles. The molecule has 0 N–H and O–H groups in total. The predicted octanol–water partition coefficient (Wildman–Crippen LogP) is 5.75. The van der Waals surface area contributed by atoms with E-state index in [9.17, 15) is 4.79 Å². The van der Waals surface area contributed by atoms with Crippen molar-refractivity contribution in [2.75, 3.05) is 41.9 Å². The first kappa shape index (κ1) is 21.2. The Kier molecular flexibility index (Phi) is 6.26. The van der Waals surface area contributed by atoms with Gasteiger partial charge < -0.3 is 14.4 Å². The van der Waals surface area contributed by atoms with Crippen molar-refractivity contribution in [1.82, 2.24) is 0 Å². The molecule has 0 saturated carbocycles. The minimum Gasteiger partial charge on any atom is -0.457 e. The van der Waals surface area contributed by atoms with Gasteiger partial charge in [0.15, 0.2) is 0 Å². The monoisotopic (exact) mass is 466 g/mol. The first-order valence-corrected chi connectivity index (χ1v) is 12.0. The predicted molar refractivity (Wildman–Crippen MR) is 130 cm³/mol. The van der Waals surface area contributed by atoms with Crippen LogP contribution in [-0.4, -0.2) is 38.0 Å². The van der Waals surface area contributed by atoms with Crippen molar-refractivity contribution in [3.05, 3.63) is 83.4 Å². The van der Waals surface area contributed by atoms with Gasteiger partial charge in [0.25, 0.3) is 0 Å². The molecule has 7 heteroatoms. The number of thioether (sulfide) groups is 1. The van der Waals surface area contributed by atoms with Crippen LogP contribution < -0.4 is 14.5 Å². The topological polar surface area (TPSA) is 42.0 Å². The Morgan fingerprint density at radius 2 is 1.59 bits per heavy atom. The van der Waals surface area contributed by atoms with Crippen LogP contribution in [0.2, 0.25) is 5.02 Å². The zero-order valence-corrected chi connectivity index (χ0v) is 19.0. The third kappa shape index (κ3) is 4.58.